The Labute approximate surface area is 115 Å². The van der Waals surface area contributed by atoms with E-state index in [0.717, 1.165) is 0 Å². The molecule has 3 aliphatic heterocycles. The summed E-state index contributed by atoms with van der Waals surface area (Å²) >= 11 is 0. The van der Waals surface area contributed by atoms with E-state index in [1.807, 2.05) is 0 Å². The van der Waals surface area contributed by atoms with E-state index in [4.69, 9.17) is 0 Å². The summed E-state index contributed by atoms with van der Waals surface area (Å²) in [7, 11) is -15.1. The molecular weight excluding hydrogens is 372 g/mol. The zero-order chi connectivity index (χ0) is 15.9. The van der Waals surface area contributed by atoms with Crippen LogP contribution in [-0.4, -0.2) is 53.2 Å². The van der Waals surface area contributed by atoms with Crippen LogP contribution in [0.2, 0.25) is 0 Å². The van der Waals surface area contributed by atoms with Gasteiger partial charge in [-0.25, -0.2) is 0 Å². The predicted octanol–water partition coefficient (Wildman–Crippen LogP) is -4.22. The SMILES string of the molecule is O=S1(=O)OC(O)(C2(O)OS(=O)(=O)OC23OOS(=O)(=O)O3)O1. The molecule has 0 saturated carbocycles. The zero-order valence-corrected chi connectivity index (χ0v) is 11.4. The van der Waals surface area contributed by atoms with E-state index in [0.29, 0.717) is 0 Å². The number of rotatable bonds is 1. The molecule has 3 rings (SSSR count). The molecule has 18 heteroatoms. The Morgan fingerprint density at radius 3 is 1.57 bits per heavy atom. The van der Waals surface area contributed by atoms with Gasteiger partial charge in [-0.15, -0.1) is 4.89 Å². The normalized spacial score (nSPS) is 45.4. The molecule has 0 bridgehead atoms. The Bertz CT molecular complexity index is 786. The van der Waals surface area contributed by atoms with E-state index in [-0.39, 0.29) is 0 Å². The third-order valence-electron chi connectivity index (χ3n) is 2.15. The molecule has 122 valence electrons. The van der Waals surface area contributed by atoms with E-state index < -0.39 is 48.9 Å². The van der Waals surface area contributed by atoms with Gasteiger partial charge in [0, 0.05) is 0 Å². The van der Waals surface area contributed by atoms with E-state index in [1.54, 1.807) is 0 Å². The number of hydrogen-bond acceptors (Lipinski definition) is 15. The Hall–Kier alpha value is -0.510. The molecule has 0 aromatic carbocycles. The predicted molar refractivity (Wildman–Crippen MR) is 47.0 cm³/mol. The molecule has 21 heavy (non-hydrogen) atoms. The van der Waals surface area contributed by atoms with Gasteiger partial charge in [0.15, 0.2) is 0 Å². The van der Waals surface area contributed by atoms with Crippen LogP contribution in [0.25, 0.3) is 0 Å². The maximum absolute atomic E-state index is 11.2. The fourth-order valence-corrected chi connectivity index (χ4v) is 3.90. The lowest BCUT2D eigenvalue weighted by atomic mass is 10.2. The van der Waals surface area contributed by atoms with Gasteiger partial charge in [-0.3, -0.25) is 0 Å². The molecule has 2 atom stereocenters. The summed E-state index contributed by atoms with van der Waals surface area (Å²) in [6, 6.07) is 0. The first-order valence-corrected chi connectivity index (χ1v) is 8.34. The van der Waals surface area contributed by atoms with E-state index in [2.05, 4.69) is 30.1 Å². The third-order valence-corrected chi connectivity index (χ3v) is 4.53. The lowest BCUT2D eigenvalue weighted by Crippen LogP contribution is -2.74. The van der Waals surface area contributed by atoms with Crippen molar-refractivity contribution >= 4 is 31.2 Å². The fourth-order valence-electron chi connectivity index (χ4n) is 1.44. The minimum Gasteiger partial charge on any atom is -0.352 e. The van der Waals surface area contributed by atoms with Crippen LogP contribution in [0.5, 0.6) is 0 Å². The zero-order valence-electron chi connectivity index (χ0n) is 8.93. The monoisotopic (exact) mass is 374 g/mol. The van der Waals surface area contributed by atoms with Gasteiger partial charge < -0.3 is 10.2 Å². The molecular formula is C3H2O15S3. The first-order chi connectivity index (χ1) is 9.24. The van der Waals surface area contributed by atoms with Crippen molar-refractivity contribution in [3.63, 3.8) is 0 Å². The Balaban J connectivity index is 2.12. The summed E-state index contributed by atoms with van der Waals surface area (Å²) in [6.45, 7) is 0. The topological polar surface area (TPSA) is 207 Å². The maximum Gasteiger partial charge on any atom is 0.431 e. The van der Waals surface area contributed by atoms with Gasteiger partial charge in [0.1, 0.15) is 0 Å². The molecule has 3 aliphatic rings. The second kappa shape index (κ2) is 3.69. The second-order valence-corrected chi connectivity index (χ2v) is 6.99. The quantitative estimate of drug-likeness (QED) is 0.417. The standard InChI is InChI=1S/C3H2O15S3/c4-1(2(5)14-20(8,9)15-2)3(16-19(6,7)13-1)12-18-21(10,11)17-3/h4-5H. The molecule has 15 nitrogen and oxygen atoms in total. The average Bonchev–Trinajstić information content (AvgIpc) is 2.59. The van der Waals surface area contributed by atoms with Crippen molar-refractivity contribution in [1.29, 1.82) is 0 Å². The molecule has 0 amide bonds. The average molecular weight is 374 g/mol. The summed E-state index contributed by atoms with van der Waals surface area (Å²) in [5.41, 5.74) is 0. The highest BCUT2D eigenvalue weighted by Gasteiger charge is 2.87. The van der Waals surface area contributed by atoms with Gasteiger partial charge in [-0.1, -0.05) is 4.33 Å². The largest absolute Gasteiger partial charge is 0.431 e. The van der Waals surface area contributed by atoms with Crippen LogP contribution in [0.3, 0.4) is 0 Å². The van der Waals surface area contributed by atoms with E-state index in [1.165, 1.54) is 0 Å². The number of aliphatic hydroxyl groups is 2. The summed E-state index contributed by atoms with van der Waals surface area (Å²) in [5, 5.41) is 19.5. The molecule has 2 N–H and O–H groups in total. The van der Waals surface area contributed by atoms with Gasteiger partial charge in [0.2, 0.25) is 0 Å². The molecule has 3 fully saturated rings. The minimum absolute atomic E-state index is 3.53. The minimum atomic E-state index is -5.25. The molecule has 3 saturated heterocycles. The lowest BCUT2D eigenvalue weighted by molar-refractivity contribution is -0.536. The Morgan fingerprint density at radius 1 is 0.667 bits per heavy atom. The first kappa shape index (κ1) is 15.4. The summed E-state index contributed by atoms with van der Waals surface area (Å²) in [4.78, 5) is 3.86. The van der Waals surface area contributed by atoms with E-state index >= 15 is 0 Å². The van der Waals surface area contributed by atoms with Crippen molar-refractivity contribution < 1.29 is 65.6 Å². The highest BCUT2D eigenvalue weighted by molar-refractivity contribution is 7.83. The molecule has 3 heterocycles. The van der Waals surface area contributed by atoms with E-state index in [9.17, 15) is 35.5 Å². The fraction of sp³-hybridized carbons (Fsp3) is 1.00. The lowest BCUT2D eigenvalue weighted by Gasteiger charge is -2.42. The van der Waals surface area contributed by atoms with Gasteiger partial charge in [-0.05, 0) is 0 Å². The van der Waals surface area contributed by atoms with Gasteiger partial charge in [-0.2, -0.15) is 46.2 Å². The Morgan fingerprint density at radius 2 is 1.14 bits per heavy atom. The third kappa shape index (κ3) is 2.01. The molecule has 0 aliphatic carbocycles. The van der Waals surface area contributed by atoms with Crippen LogP contribution in [0, 0.1) is 0 Å². The van der Waals surface area contributed by atoms with Gasteiger partial charge >= 0.3 is 48.9 Å². The molecule has 0 aromatic rings. The highest BCUT2D eigenvalue weighted by atomic mass is 32.3. The second-order valence-electron chi connectivity index (χ2n) is 3.57. The summed E-state index contributed by atoms with van der Waals surface area (Å²) in [5.74, 6) is -11.5. The summed E-state index contributed by atoms with van der Waals surface area (Å²) < 4.78 is 88.2. The molecule has 0 aromatic heterocycles. The van der Waals surface area contributed by atoms with Crippen molar-refractivity contribution in [3.05, 3.63) is 0 Å². The maximum atomic E-state index is 11.2. The van der Waals surface area contributed by atoms with Gasteiger partial charge in [0.05, 0.1) is 0 Å². The first-order valence-electron chi connectivity index (χ1n) is 4.34. The Kier molecular flexibility index (Phi) is 2.70. The van der Waals surface area contributed by atoms with Crippen LogP contribution < -0.4 is 0 Å². The highest BCUT2D eigenvalue weighted by Crippen LogP contribution is 2.54. The van der Waals surface area contributed by atoms with Crippen LogP contribution in [0.1, 0.15) is 0 Å². The van der Waals surface area contributed by atoms with Crippen molar-refractivity contribution in [1.82, 2.24) is 0 Å². The van der Waals surface area contributed by atoms with Crippen molar-refractivity contribution in [2.75, 3.05) is 0 Å². The van der Waals surface area contributed by atoms with Crippen molar-refractivity contribution in [2.24, 2.45) is 0 Å². The smallest absolute Gasteiger partial charge is 0.352 e. The molecule has 2 unspecified atom stereocenters. The van der Waals surface area contributed by atoms with Gasteiger partial charge in [0.25, 0.3) is 0 Å². The number of hydrogen-bond donors (Lipinski definition) is 2. The summed E-state index contributed by atoms with van der Waals surface area (Å²) in [6.07, 6.45) is 0. The molecule has 0 radical (unpaired) electrons. The van der Waals surface area contributed by atoms with Crippen LogP contribution in [0.15, 0.2) is 0 Å². The van der Waals surface area contributed by atoms with Crippen LogP contribution >= 0.6 is 0 Å². The van der Waals surface area contributed by atoms with Crippen molar-refractivity contribution in [3.8, 4) is 0 Å². The van der Waals surface area contributed by atoms with Crippen LogP contribution in [0.4, 0.5) is 0 Å². The van der Waals surface area contributed by atoms with Crippen molar-refractivity contribution in [2.45, 2.75) is 17.7 Å². The molecule has 1 spiro atoms. The van der Waals surface area contributed by atoms with Crippen LogP contribution in [-0.2, 0) is 61.3 Å².